The molecule has 8 heteroatoms. The Morgan fingerprint density at radius 3 is 2.73 bits per heavy atom. The largest absolute Gasteiger partial charge is 0.383 e. The molecule has 0 atom stereocenters. The molecule has 0 amide bonds. The van der Waals surface area contributed by atoms with Crippen molar-refractivity contribution >= 4 is 22.3 Å². The van der Waals surface area contributed by atoms with Crippen molar-refractivity contribution < 1.29 is 4.92 Å². The molecule has 0 saturated heterocycles. The first-order valence-corrected chi connectivity index (χ1v) is 7.84. The average Bonchev–Trinajstić information content (AvgIpc) is 3.15. The van der Waals surface area contributed by atoms with Gasteiger partial charge in [0, 0.05) is 40.7 Å². The van der Waals surface area contributed by atoms with Crippen molar-refractivity contribution in [1.29, 1.82) is 0 Å². The summed E-state index contributed by atoms with van der Waals surface area (Å²) >= 11 is 0. The van der Waals surface area contributed by atoms with Gasteiger partial charge in [0.1, 0.15) is 12.1 Å². The molecule has 128 valence electrons. The molecule has 0 radical (unpaired) electrons. The Labute approximate surface area is 147 Å². The van der Waals surface area contributed by atoms with Gasteiger partial charge in [0.2, 0.25) is 0 Å². The molecule has 0 aliphatic rings. The monoisotopic (exact) mass is 346 g/mol. The van der Waals surface area contributed by atoms with Gasteiger partial charge in [-0.15, -0.1) is 0 Å². The van der Waals surface area contributed by atoms with Crippen LogP contribution in [-0.4, -0.2) is 24.9 Å². The predicted molar refractivity (Wildman–Crippen MR) is 98.4 cm³/mol. The molecule has 0 fully saturated rings. The van der Waals surface area contributed by atoms with Crippen molar-refractivity contribution in [3.05, 3.63) is 64.9 Å². The summed E-state index contributed by atoms with van der Waals surface area (Å²) < 4.78 is 0. The highest BCUT2D eigenvalue weighted by Gasteiger charge is 2.25. The zero-order valence-electron chi connectivity index (χ0n) is 13.8. The fourth-order valence-corrected chi connectivity index (χ4v) is 3.14. The number of fused-ring (bicyclic) bond motifs is 1. The van der Waals surface area contributed by atoms with E-state index in [4.69, 9.17) is 5.73 Å². The van der Waals surface area contributed by atoms with E-state index in [-0.39, 0.29) is 16.4 Å². The van der Waals surface area contributed by atoms with Gasteiger partial charge in [-0.1, -0.05) is 12.1 Å². The summed E-state index contributed by atoms with van der Waals surface area (Å²) in [4.78, 5) is 27.0. The van der Waals surface area contributed by atoms with Crippen molar-refractivity contribution in [1.82, 2.24) is 19.9 Å². The number of aryl methyl sites for hydroxylation is 1. The second kappa shape index (κ2) is 5.92. The van der Waals surface area contributed by atoms with Crippen LogP contribution in [0.2, 0.25) is 0 Å². The Bertz CT molecular complexity index is 1120. The lowest BCUT2D eigenvalue weighted by atomic mass is 9.95. The Hall–Kier alpha value is -3.81. The van der Waals surface area contributed by atoms with Crippen LogP contribution >= 0.6 is 0 Å². The molecule has 3 N–H and O–H groups in total. The molecule has 26 heavy (non-hydrogen) atoms. The smallest absolute Gasteiger partial charge is 0.280 e. The summed E-state index contributed by atoms with van der Waals surface area (Å²) in [5.41, 5.74) is 9.13. The van der Waals surface area contributed by atoms with Gasteiger partial charge in [-0.3, -0.25) is 10.1 Å². The summed E-state index contributed by atoms with van der Waals surface area (Å²) in [5, 5.41) is 12.9. The molecule has 8 nitrogen and oxygen atoms in total. The lowest BCUT2D eigenvalue weighted by molar-refractivity contribution is -0.383. The summed E-state index contributed by atoms with van der Waals surface area (Å²) in [7, 11) is 0. The summed E-state index contributed by atoms with van der Waals surface area (Å²) in [6.45, 7) is 1.71. The number of aromatic amines is 1. The molecule has 0 aliphatic carbocycles. The number of benzene rings is 1. The van der Waals surface area contributed by atoms with E-state index in [9.17, 15) is 10.1 Å². The summed E-state index contributed by atoms with van der Waals surface area (Å²) in [6.07, 6.45) is 6.47. The highest BCUT2D eigenvalue weighted by molar-refractivity contribution is 6.11. The van der Waals surface area contributed by atoms with Gasteiger partial charge in [0.15, 0.2) is 0 Å². The molecule has 3 aromatic heterocycles. The first-order chi connectivity index (χ1) is 12.6. The number of hydrogen-bond donors (Lipinski definition) is 2. The van der Waals surface area contributed by atoms with Gasteiger partial charge in [0.25, 0.3) is 5.69 Å². The molecule has 1 aromatic carbocycles. The molecule has 0 bridgehead atoms. The quantitative estimate of drug-likeness (QED) is 0.432. The molecule has 0 aliphatic heterocycles. The number of nitrogen functional groups attached to an aromatic ring is 1. The molecular weight excluding hydrogens is 332 g/mol. The number of nitro benzene ring substituents is 1. The highest BCUT2D eigenvalue weighted by Crippen LogP contribution is 2.42. The lowest BCUT2D eigenvalue weighted by Crippen LogP contribution is -2.02. The number of aromatic nitrogens is 4. The van der Waals surface area contributed by atoms with Crippen LogP contribution in [0.15, 0.2) is 49.2 Å². The molecule has 3 heterocycles. The Balaban J connectivity index is 2.21. The number of hydrogen-bond acceptors (Lipinski definition) is 6. The Kier molecular flexibility index (Phi) is 3.58. The number of nitrogens with one attached hydrogen (secondary N) is 1. The van der Waals surface area contributed by atoms with Crippen LogP contribution in [-0.2, 0) is 0 Å². The number of nitrogens with two attached hydrogens (primary N) is 1. The zero-order chi connectivity index (χ0) is 18.3. The zero-order valence-corrected chi connectivity index (χ0v) is 13.8. The molecule has 4 aromatic rings. The molecular formula is C18H14N6O2. The van der Waals surface area contributed by atoms with E-state index in [0.717, 1.165) is 5.56 Å². The van der Waals surface area contributed by atoms with E-state index in [1.165, 1.54) is 6.33 Å². The van der Waals surface area contributed by atoms with Gasteiger partial charge in [-0.05, 0) is 19.1 Å². The highest BCUT2D eigenvalue weighted by atomic mass is 16.6. The minimum Gasteiger partial charge on any atom is -0.383 e. The Morgan fingerprint density at radius 2 is 2.08 bits per heavy atom. The van der Waals surface area contributed by atoms with Crippen LogP contribution < -0.4 is 5.73 Å². The van der Waals surface area contributed by atoms with Crippen LogP contribution in [0.5, 0.6) is 0 Å². The topological polar surface area (TPSA) is 124 Å². The molecule has 4 rings (SSSR count). The number of nitro groups is 1. The second-order valence-electron chi connectivity index (χ2n) is 5.83. The third-order valence-corrected chi connectivity index (χ3v) is 4.27. The van der Waals surface area contributed by atoms with Crippen molar-refractivity contribution in [2.75, 3.05) is 5.73 Å². The predicted octanol–water partition coefficient (Wildman–Crippen LogP) is 3.49. The number of pyridine rings is 1. The number of nitrogens with zero attached hydrogens (tertiary/aromatic N) is 4. The van der Waals surface area contributed by atoms with Crippen LogP contribution in [0, 0.1) is 17.0 Å². The normalized spacial score (nSPS) is 11.0. The molecule has 0 spiro atoms. The molecule has 0 unspecified atom stereocenters. The van der Waals surface area contributed by atoms with Crippen molar-refractivity contribution in [2.45, 2.75) is 6.92 Å². The summed E-state index contributed by atoms with van der Waals surface area (Å²) in [5.74, 6) is 0.208. The van der Waals surface area contributed by atoms with E-state index in [1.807, 2.05) is 12.1 Å². The summed E-state index contributed by atoms with van der Waals surface area (Å²) in [6, 6.07) is 7.04. The third-order valence-electron chi connectivity index (χ3n) is 4.27. The van der Waals surface area contributed by atoms with Crippen LogP contribution in [0.4, 0.5) is 11.5 Å². The van der Waals surface area contributed by atoms with Gasteiger partial charge in [-0.2, -0.15) is 0 Å². The van der Waals surface area contributed by atoms with E-state index in [1.54, 1.807) is 37.6 Å². The fourth-order valence-electron chi connectivity index (χ4n) is 3.14. The lowest BCUT2D eigenvalue weighted by Gasteiger charge is -2.13. The van der Waals surface area contributed by atoms with Crippen LogP contribution in [0.1, 0.15) is 5.56 Å². The fraction of sp³-hybridized carbons (Fsp3) is 0.0556. The maximum absolute atomic E-state index is 11.8. The molecule has 0 saturated carbocycles. The van der Waals surface area contributed by atoms with Crippen molar-refractivity contribution in [3.8, 4) is 22.5 Å². The van der Waals surface area contributed by atoms with E-state index in [0.29, 0.717) is 33.3 Å². The minimum atomic E-state index is -0.378. The number of anilines is 1. The van der Waals surface area contributed by atoms with Gasteiger partial charge in [0.05, 0.1) is 21.7 Å². The van der Waals surface area contributed by atoms with Gasteiger partial charge >= 0.3 is 0 Å². The van der Waals surface area contributed by atoms with Crippen LogP contribution in [0.3, 0.4) is 0 Å². The maximum Gasteiger partial charge on any atom is 0.280 e. The first kappa shape index (κ1) is 15.7. The second-order valence-corrected chi connectivity index (χ2v) is 5.83. The van der Waals surface area contributed by atoms with E-state index < -0.39 is 0 Å². The average molecular weight is 346 g/mol. The Morgan fingerprint density at radius 1 is 1.23 bits per heavy atom. The maximum atomic E-state index is 11.8. The minimum absolute atomic E-state index is 0.0168. The standard InChI is InChI=1S/C18H14N6O2/c1-10-2-3-12-15(17(10)24(25)26)14(11-4-6-20-8-11)18(19)23-16(12)13-5-7-21-9-22-13/h2-9,20H,1H3,(H2,19,23). The van der Waals surface area contributed by atoms with Gasteiger partial charge in [-0.25, -0.2) is 15.0 Å². The van der Waals surface area contributed by atoms with Gasteiger partial charge < -0.3 is 10.7 Å². The first-order valence-electron chi connectivity index (χ1n) is 7.84. The third kappa shape index (κ3) is 2.35. The van der Waals surface area contributed by atoms with Crippen molar-refractivity contribution in [2.24, 2.45) is 0 Å². The number of H-pyrrole nitrogens is 1. The SMILES string of the molecule is Cc1ccc2c(-c3ccncn3)nc(N)c(-c3cc[nH]c3)c2c1[N+](=O)[O-]. The number of rotatable bonds is 3. The van der Waals surface area contributed by atoms with E-state index >= 15 is 0 Å². The van der Waals surface area contributed by atoms with E-state index in [2.05, 4.69) is 19.9 Å². The van der Waals surface area contributed by atoms with Crippen molar-refractivity contribution in [3.63, 3.8) is 0 Å². The van der Waals surface area contributed by atoms with Crippen LogP contribution in [0.25, 0.3) is 33.3 Å².